The lowest BCUT2D eigenvalue weighted by molar-refractivity contribution is 0.0605. The standard InChI is InChI=1S/C15H24N2O4Si/c1-15(2,3)22(4,5)20-10-11-6-7-13(21-11)17-9-8-12(18)16-14(17)19/h6,8-9,13H,7,10H2,1-5H3,(H,16,18,19). The number of ether oxygens (including phenoxy) is 1. The van der Waals surface area contributed by atoms with Gasteiger partial charge in [-0.1, -0.05) is 20.8 Å². The van der Waals surface area contributed by atoms with E-state index in [-0.39, 0.29) is 5.04 Å². The lowest BCUT2D eigenvalue weighted by Gasteiger charge is -2.36. The number of rotatable bonds is 4. The molecule has 6 nitrogen and oxygen atoms in total. The van der Waals surface area contributed by atoms with Gasteiger partial charge in [-0.15, -0.1) is 0 Å². The van der Waals surface area contributed by atoms with Crippen molar-refractivity contribution in [1.29, 1.82) is 0 Å². The van der Waals surface area contributed by atoms with Gasteiger partial charge in [0.1, 0.15) is 5.76 Å². The van der Waals surface area contributed by atoms with Crippen LogP contribution in [0.3, 0.4) is 0 Å². The minimum absolute atomic E-state index is 0.140. The number of nitrogens with zero attached hydrogens (tertiary/aromatic N) is 1. The van der Waals surface area contributed by atoms with Gasteiger partial charge in [0, 0.05) is 18.7 Å². The van der Waals surface area contributed by atoms with Crippen LogP contribution in [0.1, 0.15) is 33.4 Å². The molecule has 0 aromatic carbocycles. The van der Waals surface area contributed by atoms with Gasteiger partial charge in [-0.2, -0.15) is 0 Å². The molecule has 2 rings (SSSR count). The summed E-state index contributed by atoms with van der Waals surface area (Å²) in [5.74, 6) is 0.743. The van der Waals surface area contributed by atoms with Crippen molar-refractivity contribution in [3.63, 3.8) is 0 Å². The predicted octanol–water partition coefficient (Wildman–Crippen LogP) is 2.36. The second kappa shape index (κ2) is 5.89. The number of H-pyrrole nitrogens is 1. The molecule has 1 atom stereocenters. The van der Waals surface area contributed by atoms with Crippen molar-refractivity contribution in [2.45, 2.75) is 51.6 Å². The van der Waals surface area contributed by atoms with Crippen LogP contribution in [-0.2, 0) is 9.16 Å². The first kappa shape index (κ1) is 16.8. The average molecular weight is 324 g/mol. The highest BCUT2D eigenvalue weighted by Crippen LogP contribution is 2.37. The molecule has 0 radical (unpaired) electrons. The van der Waals surface area contributed by atoms with E-state index < -0.39 is 25.8 Å². The fourth-order valence-electron chi connectivity index (χ4n) is 1.89. The molecule has 0 saturated heterocycles. The van der Waals surface area contributed by atoms with Crippen LogP contribution in [-0.4, -0.2) is 24.5 Å². The van der Waals surface area contributed by atoms with Gasteiger partial charge >= 0.3 is 5.69 Å². The molecule has 0 spiro atoms. The molecule has 122 valence electrons. The van der Waals surface area contributed by atoms with Gasteiger partial charge in [-0.05, 0) is 24.2 Å². The summed E-state index contributed by atoms with van der Waals surface area (Å²) >= 11 is 0. The Balaban J connectivity index is 1.98. The monoisotopic (exact) mass is 324 g/mol. The third-order valence-electron chi connectivity index (χ3n) is 4.38. The van der Waals surface area contributed by atoms with E-state index in [1.165, 1.54) is 16.8 Å². The van der Waals surface area contributed by atoms with E-state index in [1.807, 2.05) is 6.08 Å². The molecule has 1 aliphatic heterocycles. The fourth-order valence-corrected chi connectivity index (χ4v) is 2.82. The Bertz CT molecular complexity index is 682. The molecule has 1 N–H and O–H groups in total. The molecular formula is C15H24N2O4Si. The third kappa shape index (κ3) is 3.59. The largest absolute Gasteiger partial charge is 0.472 e. The zero-order chi connectivity index (χ0) is 16.5. The van der Waals surface area contributed by atoms with Crippen molar-refractivity contribution < 1.29 is 9.16 Å². The Morgan fingerprint density at radius 1 is 1.41 bits per heavy atom. The minimum atomic E-state index is -1.83. The van der Waals surface area contributed by atoms with Crippen molar-refractivity contribution in [1.82, 2.24) is 9.55 Å². The molecule has 0 fully saturated rings. The molecule has 1 unspecified atom stereocenters. The quantitative estimate of drug-likeness (QED) is 0.863. The maximum atomic E-state index is 11.8. The summed E-state index contributed by atoms with van der Waals surface area (Å²) in [5, 5.41) is 0.140. The number of aromatic nitrogens is 2. The van der Waals surface area contributed by atoms with E-state index in [4.69, 9.17) is 9.16 Å². The summed E-state index contributed by atoms with van der Waals surface area (Å²) in [6.45, 7) is 11.4. The molecule has 0 bridgehead atoms. The first-order valence-corrected chi connectivity index (χ1v) is 10.3. The molecular weight excluding hydrogens is 300 g/mol. The summed E-state index contributed by atoms with van der Waals surface area (Å²) in [4.78, 5) is 25.1. The molecule has 0 aliphatic carbocycles. The summed E-state index contributed by atoms with van der Waals surface area (Å²) in [6.07, 6.45) is 3.57. The Morgan fingerprint density at radius 3 is 2.68 bits per heavy atom. The van der Waals surface area contributed by atoms with E-state index in [2.05, 4.69) is 38.8 Å². The minimum Gasteiger partial charge on any atom is -0.472 e. The highest BCUT2D eigenvalue weighted by Gasteiger charge is 2.37. The number of aromatic amines is 1. The molecule has 22 heavy (non-hydrogen) atoms. The lowest BCUT2D eigenvalue weighted by atomic mass is 10.2. The topological polar surface area (TPSA) is 73.3 Å². The molecule has 1 aliphatic rings. The second-order valence-corrected chi connectivity index (χ2v) is 11.9. The normalized spacial score (nSPS) is 19.0. The summed E-state index contributed by atoms with van der Waals surface area (Å²) in [5.41, 5.74) is -0.869. The van der Waals surface area contributed by atoms with Gasteiger partial charge in [0.05, 0.1) is 6.61 Å². The zero-order valence-electron chi connectivity index (χ0n) is 13.8. The van der Waals surface area contributed by atoms with E-state index in [9.17, 15) is 9.59 Å². The lowest BCUT2D eigenvalue weighted by Crippen LogP contribution is -2.41. The Labute approximate surface area is 130 Å². The van der Waals surface area contributed by atoms with Crippen LogP contribution in [0, 0.1) is 0 Å². The van der Waals surface area contributed by atoms with Gasteiger partial charge in [-0.25, -0.2) is 4.79 Å². The van der Waals surface area contributed by atoms with E-state index in [1.54, 1.807) is 0 Å². The Hall–Kier alpha value is -1.60. The Kier molecular flexibility index (Phi) is 4.48. The average Bonchev–Trinajstić information content (AvgIpc) is 2.83. The highest BCUT2D eigenvalue weighted by molar-refractivity contribution is 6.74. The van der Waals surface area contributed by atoms with Crippen LogP contribution in [0.2, 0.25) is 18.1 Å². The first-order valence-electron chi connectivity index (χ1n) is 7.41. The van der Waals surface area contributed by atoms with Crippen molar-refractivity contribution in [2.75, 3.05) is 6.61 Å². The van der Waals surface area contributed by atoms with Crippen LogP contribution in [0.15, 0.2) is 33.7 Å². The molecule has 7 heteroatoms. The molecule has 1 aromatic heterocycles. The predicted molar refractivity (Wildman–Crippen MR) is 87.3 cm³/mol. The fraction of sp³-hybridized carbons (Fsp3) is 0.600. The van der Waals surface area contributed by atoms with E-state index >= 15 is 0 Å². The molecule has 0 saturated carbocycles. The van der Waals surface area contributed by atoms with Gasteiger partial charge in [-0.3, -0.25) is 14.3 Å². The van der Waals surface area contributed by atoms with Crippen LogP contribution < -0.4 is 11.2 Å². The van der Waals surface area contributed by atoms with Crippen LogP contribution in [0.25, 0.3) is 0 Å². The van der Waals surface area contributed by atoms with Crippen LogP contribution >= 0.6 is 0 Å². The maximum Gasteiger partial charge on any atom is 0.331 e. The van der Waals surface area contributed by atoms with Crippen molar-refractivity contribution in [3.8, 4) is 0 Å². The SMILES string of the molecule is CC(C)(C)[Si](C)(C)OCC1=CCC(n2ccc(=O)[nH]c2=O)O1. The van der Waals surface area contributed by atoms with Gasteiger partial charge < -0.3 is 9.16 Å². The number of hydrogen-bond donors (Lipinski definition) is 1. The van der Waals surface area contributed by atoms with Crippen LogP contribution in [0.4, 0.5) is 0 Å². The number of nitrogens with one attached hydrogen (secondary N) is 1. The highest BCUT2D eigenvalue weighted by atomic mass is 28.4. The maximum absolute atomic E-state index is 11.8. The Morgan fingerprint density at radius 2 is 2.09 bits per heavy atom. The molecule has 1 aromatic rings. The van der Waals surface area contributed by atoms with Crippen molar-refractivity contribution in [3.05, 3.63) is 44.9 Å². The molecule has 0 amide bonds. The van der Waals surface area contributed by atoms with E-state index in [0.29, 0.717) is 13.0 Å². The summed E-state index contributed by atoms with van der Waals surface area (Å²) in [7, 11) is -1.83. The first-order chi connectivity index (χ1) is 10.1. The van der Waals surface area contributed by atoms with Gasteiger partial charge in [0.2, 0.25) is 0 Å². The summed E-state index contributed by atoms with van der Waals surface area (Å²) < 4.78 is 13.3. The van der Waals surface area contributed by atoms with Crippen molar-refractivity contribution >= 4 is 8.32 Å². The van der Waals surface area contributed by atoms with Crippen molar-refractivity contribution in [2.24, 2.45) is 0 Å². The second-order valence-electron chi connectivity index (χ2n) is 7.05. The van der Waals surface area contributed by atoms with Gasteiger partial charge in [0.25, 0.3) is 5.56 Å². The van der Waals surface area contributed by atoms with E-state index in [0.717, 1.165) is 5.76 Å². The third-order valence-corrected chi connectivity index (χ3v) is 8.86. The molecule has 2 heterocycles. The van der Waals surface area contributed by atoms with Gasteiger partial charge in [0.15, 0.2) is 14.5 Å². The van der Waals surface area contributed by atoms with Crippen LogP contribution in [0.5, 0.6) is 0 Å². The number of hydrogen-bond acceptors (Lipinski definition) is 4. The zero-order valence-corrected chi connectivity index (χ0v) is 14.8. The smallest absolute Gasteiger partial charge is 0.331 e. The summed E-state index contributed by atoms with van der Waals surface area (Å²) in [6, 6.07) is 1.31.